The van der Waals surface area contributed by atoms with Crippen molar-refractivity contribution in [3.63, 3.8) is 0 Å². The van der Waals surface area contributed by atoms with Gasteiger partial charge in [0.1, 0.15) is 0 Å². The first-order valence-corrected chi connectivity index (χ1v) is 8.02. The van der Waals surface area contributed by atoms with Gasteiger partial charge in [0, 0.05) is 12.6 Å². The number of anilines is 1. The predicted octanol–water partition coefficient (Wildman–Crippen LogP) is 3.40. The highest BCUT2D eigenvalue weighted by Gasteiger charge is 2.13. The summed E-state index contributed by atoms with van der Waals surface area (Å²) in [5, 5.41) is 7.10. The van der Waals surface area contributed by atoms with Crippen molar-refractivity contribution in [2.24, 2.45) is 7.05 Å². The molecule has 1 aromatic carbocycles. The van der Waals surface area contributed by atoms with Crippen molar-refractivity contribution in [1.29, 1.82) is 0 Å². The van der Waals surface area contributed by atoms with E-state index in [2.05, 4.69) is 21.1 Å². The number of thiazole rings is 1. The van der Waals surface area contributed by atoms with Crippen LogP contribution in [0, 0.1) is 0 Å². The van der Waals surface area contributed by atoms with Crippen molar-refractivity contribution in [3.05, 3.63) is 35.7 Å². The summed E-state index contributed by atoms with van der Waals surface area (Å²) in [5.74, 6) is 1.60. The van der Waals surface area contributed by atoms with Gasteiger partial charge in [0.2, 0.25) is 0 Å². The minimum Gasteiger partial charge on any atom is -0.375 e. The molecule has 0 aliphatic carbocycles. The van der Waals surface area contributed by atoms with Crippen LogP contribution in [-0.2, 0) is 7.05 Å². The van der Waals surface area contributed by atoms with Crippen LogP contribution in [0.25, 0.3) is 32.3 Å². The Labute approximate surface area is 128 Å². The molecule has 0 unspecified atom stereocenters. The van der Waals surface area contributed by atoms with E-state index >= 15 is 0 Å². The van der Waals surface area contributed by atoms with E-state index in [1.165, 1.54) is 11.3 Å². The van der Waals surface area contributed by atoms with Gasteiger partial charge >= 0.3 is 0 Å². The highest BCUT2D eigenvalue weighted by Crippen LogP contribution is 2.30. The van der Waals surface area contributed by atoms with Crippen LogP contribution in [0.5, 0.6) is 0 Å². The molecular weight excluding hydrogens is 302 g/mol. The first-order valence-electron chi connectivity index (χ1n) is 6.32. The highest BCUT2D eigenvalue weighted by atomic mass is 32.1. The number of nitrogens with two attached hydrogens (primary N) is 1. The summed E-state index contributed by atoms with van der Waals surface area (Å²) in [6.45, 7) is 0. The van der Waals surface area contributed by atoms with Crippen molar-refractivity contribution in [1.82, 2.24) is 19.7 Å². The second-order valence-electron chi connectivity index (χ2n) is 4.59. The number of thiophene rings is 1. The Morgan fingerprint density at radius 3 is 2.90 bits per heavy atom. The third kappa shape index (κ3) is 2.10. The summed E-state index contributed by atoms with van der Waals surface area (Å²) in [5.41, 5.74) is 7.69. The third-order valence-corrected chi connectivity index (χ3v) is 4.88. The van der Waals surface area contributed by atoms with E-state index in [0.717, 1.165) is 32.3 Å². The fourth-order valence-electron chi connectivity index (χ4n) is 2.23. The molecule has 3 aromatic heterocycles. The van der Waals surface area contributed by atoms with Crippen molar-refractivity contribution in [2.45, 2.75) is 0 Å². The second kappa shape index (κ2) is 4.64. The molecule has 0 spiro atoms. The van der Waals surface area contributed by atoms with Crippen molar-refractivity contribution >= 4 is 38.0 Å². The fraction of sp³-hybridized carbons (Fsp3) is 0.0714. The standard InChI is InChI=1S/C14H11N5S2/c1-19-13(17-12(18-19)10-3-2-6-20-10)8-4-5-9-11(7-8)21-14(15)16-9/h2-7H,1H3,(H2,15,16). The van der Waals surface area contributed by atoms with E-state index in [4.69, 9.17) is 5.73 Å². The van der Waals surface area contributed by atoms with E-state index in [1.54, 1.807) is 16.0 Å². The number of rotatable bonds is 2. The molecule has 0 fully saturated rings. The van der Waals surface area contributed by atoms with Gasteiger partial charge in [0.15, 0.2) is 16.8 Å². The Bertz CT molecular complexity index is 920. The van der Waals surface area contributed by atoms with E-state index in [-0.39, 0.29) is 0 Å². The average molecular weight is 313 g/mol. The molecule has 2 N–H and O–H groups in total. The number of nitrogens with zero attached hydrogens (tertiary/aromatic N) is 4. The number of hydrogen-bond acceptors (Lipinski definition) is 6. The van der Waals surface area contributed by atoms with Crippen LogP contribution in [0.15, 0.2) is 35.7 Å². The molecule has 0 radical (unpaired) electrons. The molecular formula is C14H11N5S2. The lowest BCUT2D eigenvalue weighted by Gasteiger charge is -1.99. The van der Waals surface area contributed by atoms with Gasteiger partial charge in [-0.05, 0) is 29.6 Å². The van der Waals surface area contributed by atoms with Gasteiger partial charge in [-0.2, -0.15) is 0 Å². The summed E-state index contributed by atoms with van der Waals surface area (Å²) in [4.78, 5) is 9.99. The number of nitrogen functional groups attached to an aromatic ring is 1. The monoisotopic (exact) mass is 313 g/mol. The zero-order valence-corrected chi connectivity index (χ0v) is 12.8. The number of aromatic nitrogens is 4. The van der Waals surface area contributed by atoms with Crippen LogP contribution in [0.4, 0.5) is 5.13 Å². The summed E-state index contributed by atoms with van der Waals surface area (Å²) in [6.07, 6.45) is 0. The zero-order valence-electron chi connectivity index (χ0n) is 11.1. The van der Waals surface area contributed by atoms with Gasteiger partial charge in [0.05, 0.1) is 15.1 Å². The Balaban J connectivity index is 1.84. The largest absolute Gasteiger partial charge is 0.375 e. The molecule has 0 atom stereocenters. The van der Waals surface area contributed by atoms with Gasteiger partial charge < -0.3 is 5.73 Å². The quantitative estimate of drug-likeness (QED) is 0.616. The lowest BCUT2D eigenvalue weighted by atomic mass is 10.2. The summed E-state index contributed by atoms with van der Waals surface area (Å²) in [7, 11) is 1.91. The lowest BCUT2D eigenvalue weighted by molar-refractivity contribution is 0.778. The van der Waals surface area contributed by atoms with E-state index in [0.29, 0.717) is 5.13 Å². The second-order valence-corrected chi connectivity index (χ2v) is 6.60. The SMILES string of the molecule is Cn1nc(-c2cccs2)nc1-c1ccc2nc(N)sc2c1. The van der Waals surface area contributed by atoms with Crippen LogP contribution in [0.1, 0.15) is 0 Å². The topological polar surface area (TPSA) is 69.6 Å². The highest BCUT2D eigenvalue weighted by molar-refractivity contribution is 7.22. The van der Waals surface area contributed by atoms with Crippen LogP contribution < -0.4 is 5.73 Å². The van der Waals surface area contributed by atoms with Crippen LogP contribution in [0.3, 0.4) is 0 Å². The van der Waals surface area contributed by atoms with Crippen LogP contribution in [-0.4, -0.2) is 19.7 Å². The number of hydrogen-bond donors (Lipinski definition) is 1. The smallest absolute Gasteiger partial charge is 0.191 e. The zero-order chi connectivity index (χ0) is 14.4. The van der Waals surface area contributed by atoms with Crippen LogP contribution in [0.2, 0.25) is 0 Å². The molecule has 104 valence electrons. The Kier molecular flexibility index (Phi) is 2.76. The van der Waals surface area contributed by atoms with E-state index in [1.807, 2.05) is 36.7 Å². The third-order valence-electron chi connectivity index (χ3n) is 3.17. The van der Waals surface area contributed by atoms with E-state index in [9.17, 15) is 0 Å². The first-order chi connectivity index (χ1) is 10.2. The molecule has 7 heteroatoms. The number of benzene rings is 1. The van der Waals surface area contributed by atoms with Crippen molar-refractivity contribution < 1.29 is 0 Å². The maximum atomic E-state index is 5.75. The molecule has 5 nitrogen and oxygen atoms in total. The normalized spacial score (nSPS) is 11.3. The van der Waals surface area contributed by atoms with Gasteiger partial charge in [-0.25, -0.2) is 14.6 Å². The minimum atomic E-state index is 0.583. The van der Waals surface area contributed by atoms with Crippen molar-refractivity contribution in [3.8, 4) is 22.1 Å². The molecule has 0 saturated carbocycles. The molecule has 0 amide bonds. The Hall–Kier alpha value is -2.25. The van der Waals surface area contributed by atoms with Gasteiger partial charge in [-0.15, -0.1) is 16.4 Å². The number of fused-ring (bicyclic) bond motifs is 1. The average Bonchev–Trinajstić information content (AvgIpc) is 3.15. The van der Waals surface area contributed by atoms with E-state index < -0.39 is 0 Å². The Morgan fingerprint density at radius 1 is 1.19 bits per heavy atom. The predicted molar refractivity (Wildman–Crippen MR) is 87.3 cm³/mol. The minimum absolute atomic E-state index is 0.583. The molecule has 4 aromatic rings. The molecule has 0 aliphatic rings. The van der Waals surface area contributed by atoms with Gasteiger partial charge in [-0.3, -0.25) is 0 Å². The maximum Gasteiger partial charge on any atom is 0.191 e. The Morgan fingerprint density at radius 2 is 2.10 bits per heavy atom. The molecule has 0 bridgehead atoms. The first kappa shape index (κ1) is 12.5. The van der Waals surface area contributed by atoms with Gasteiger partial charge in [0.25, 0.3) is 0 Å². The van der Waals surface area contributed by atoms with Gasteiger partial charge in [-0.1, -0.05) is 17.4 Å². The summed E-state index contributed by atoms with van der Waals surface area (Å²) < 4.78 is 2.87. The van der Waals surface area contributed by atoms with Crippen LogP contribution >= 0.6 is 22.7 Å². The molecule has 4 rings (SSSR count). The fourth-order valence-corrected chi connectivity index (χ4v) is 3.65. The maximum absolute atomic E-state index is 5.75. The summed E-state index contributed by atoms with van der Waals surface area (Å²) in [6, 6.07) is 10.1. The molecule has 3 heterocycles. The molecule has 0 aliphatic heterocycles. The lowest BCUT2D eigenvalue weighted by Crippen LogP contribution is -1.94. The molecule has 21 heavy (non-hydrogen) atoms. The summed E-state index contributed by atoms with van der Waals surface area (Å²) >= 11 is 3.12. The van der Waals surface area contributed by atoms with Crippen molar-refractivity contribution in [2.75, 3.05) is 5.73 Å². The number of aryl methyl sites for hydroxylation is 1. The molecule has 0 saturated heterocycles.